The molecule has 0 spiro atoms. The quantitative estimate of drug-likeness (QED) is 0.225. The SMILES string of the molecule is C[C@@H](OCc1ccccc1)[C@H](NC(=O)c1ccc2cc(F)ccc2c1OCc1nc2ccccc2s1)C(=O)O. The summed E-state index contributed by atoms with van der Waals surface area (Å²) in [5, 5.41) is 14.2. The maximum Gasteiger partial charge on any atom is 0.328 e. The summed E-state index contributed by atoms with van der Waals surface area (Å²) in [5.74, 6) is -2.09. The number of rotatable bonds is 10. The molecule has 0 saturated carbocycles. The smallest absolute Gasteiger partial charge is 0.328 e. The highest BCUT2D eigenvalue weighted by Gasteiger charge is 2.29. The van der Waals surface area contributed by atoms with Gasteiger partial charge >= 0.3 is 5.97 Å². The zero-order valence-electron chi connectivity index (χ0n) is 21.0. The Morgan fingerprint density at radius 2 is 1.77 bits per heavy atom. The Morgan fingerprint density at radius 1 is 1.00 bits per heavy atom. The Kier molecular flexibility index (Phi) is 7.81. The molecule has 0 bridgehead atoms. The van der Waals surface area contributed by atoms with Crippen molar-refractivity contribution in [1.82, 2.24) is 10.3 Å². The van der Waals surface area contributed by atoms with Crippen molar-refractivity contribution >= 4 is 44.2 Å². The zero-order chi connectivity index (χ0) is 27.4. The fraction of sp³-hybridized carbons (Fsp3) is 0.167. The third-order valence-electron chi connectivity index (χ3n) is 6.23. The van der Waals surface area contributed by atoms with Crippen molar-refractivity contribution in [1.29, 1.82) is 0 Å². The first-order valence-corrected chi connectivity index (χ1v) is 13.1. The van der Waals surface area contributed by atoms with E-state index in [1.54, 1.807) is 13.0 Å². The first kappa shape index (κ1) is 26.3. The van der Waals surface area contributed by atoms with Crippen LogP contribution in [0.2, 0.25) is 0 Å². The molecule has 39 heavy (non-hydrogen) atoms. The van der Waals surface area contributed by atoms with Crippen LogP contribution in [0.1, 0.15) is 27.9 Å². The number of carbonyl (C=O) groups excluding carboxylic acids is 1. The van der Waals surface area contributed by atoms with Crippen molar-refractivity contribution in [2.45, 2.75) is 32.3 Å². The molecule has 0 unspecified atom stereocenters. The third kappa shape index (κ3) is 6.05. The number of nitrogens with one attached hydrogen (secondary N) is 1. The number of hydrogen-bond acceptors (Lipinski definition) is 6. The molecule has 4 aromatic carbocycles. The fourth-order valence-corrected chi connectivity index (χ4v) is 5.10. The molecule has 2 N–H and O–H groups in total. The number of fused-ring (bicyclic) bond motifs is 2. The summed E-state index contributed by atoms with van der Waals surface area (Å²) in [4.78, 5) is 30.1. The summed E-state index contributed by atoms with van der Waals surface area (Å²) >= 11 is 1.47. The molecule has 0 fully saturated rings. The van der Waals surface area contributed by atoms with Gasteiger partial charge in [-0.1, -0.05) is 48.5 Å². The number of halogens is 1. The summed E-state index contributed by atoms with van der Waals surface area (Å²) in [7, 11) is 0. The van der Waals surface area contributed by atoms with Gasteiger partial charge in [0, 0.05) is 5.39 Å². The molecule has 7 nitrogen and oxygen atoms in total. The maximum atomic E-state index is 13.9. The molecule has 0 aliphatic carbocycles. The largest absolute Gasteiger partial charge is 0.485 e. The summed E-state index contributed by atoms with van der Waals surface area (Å²) < 4.78 is 26.8. The number of nitrogens with zero attached hydrogens (tertiary/aromatic N) is 1. The van der Waals surface area contributed by atoms with Gasteiger partial charge in [-0.25, -0.2) is 14.2 Å². The molecular formula is C30H25FN2O5S. The first-order chi connectivity index (χ1) is 18.9. The van der Waals surface area contributed by atoms with Crippen LogP contribution in [0.4, 0.5) is 4.39 Å². The van der Waals surface area contributed by atoms with Crippen LogP contribution in [0.3, 0.4) is 0 Å². The molecule has 5 rings (SSSR count). The highest BCUT2D eigenvalue weighted by atomic mass is 32.1. The molecule has 0 saturated heterocycles. The lowest BCUT2D eigenvalue weighted by Crippen LogP contribution is -2.48. The second-order valence-electron chi connectivity index (χ2n) is 8.96. The van der Waals surface area contributed by atoms with Gasteiger partial charge in [0.2, 0.25) is 0 Å². The highest BCUT2D eigenvalue weighted by molar-refractivity contribution is 7.18. The van der Waals surface area contributed by atoms with Crippen molar-refractivity contribution in [3.05, 3.63) is 107 Å². The van der Waals surface area contributed by atoms with E-state index in [4.69, 9.17) is 9.47 Å². The van der Waals surface area contributed by atoms with E-state index in [-0.39, 0.29) is 24.5 Å². The number of ether oxygens (including phenoxy) is 2. The van der Waals surface area contributed by atoms with Crippen molar-refractivity contribution in [2.75, 3.05) is 0 Å². The topological polar surface area (TPSA) is 97.8 Å². The second-order valence-corrected chi connectivity index (χ2v) is 10.1. The maximum absolute atomic E-state index is 13.9. The minimum Gasteiger partial charge on any atom is -0.485 e. The van der Waals surface area contributed by atoms with Crippen molar-refractivity contribution in [2.24, 2.45) is 0 Å². The standard InChI is InChI=1S/C30H25FN2O5S/c1-18(37-16-19-7-3-2-4-8-19)27(30(35)36)33-29(34)23-13-11-20-15-21(31)12-14-22(20)28(23)38-17-26-32-24-9-5-6-10-25(24)39-26/h2-15,18,27H,16-17H2,1H3,(H,33,34)(H,35,36)/t18-,27+/m1/s1. The van der Waals surface area contributed by atoms with Crippen molar-refractivity contribution < 1.29 is 28.6 Å². The number of carboxylic acid groups (broad SMARTS) is 1. The van der Waals surface area contributed by atoms with Crippen LogP contribution in [0.5, 0.6) is 5.75 Å². The number of thiazole rings is 1. The van der Waals surface area contributed by atoms with E-state index >= 15 is 0 Å². The Hall–Kier alpha value is -4.34. The van der Waals surface area contributed by atoms with Gasteiger partial charge in [0.1, 0.15) is 23.2 Å². The minimum absolute atomic E-state index is 0.0784. The predicted octanol–water partition coefficient (Wildman–Crippen LogP) is 5.96. The number of carbonyl (C=O) groups is 2. The summed E-state index contributed by atoms with van der Waals surface area (Å²) in [5.41, 5.74) is 1.84. The fourth-order valence-electron chi connectivity index (χ4n) is 4.22. The molecule has 1 heterocycles. The lowest BCUT2D eigenvalue weighted by atomic mass is 10.0. The third-order valence-corrected chi connectivity index (χ3v) is 7.24. The number of hydrogen-bond donors (Lipinski definition) is 2. The van der Waals surface area contributed by atoms with E-state index in [1.165, 1.54) is 35.6 Å². The number of benzene rings is 4. The Labute approximate surface area is 227 Å². The first-order valence-electron chi connectivity index (χ1n) is 12.3. The van der Waals surface area contributed by atoms with Gasteiger partial charge in [0.05, 0.1) is 28.5 Å². The second kappa shape index (κ2) is 11.6. The van der Waals surface area contributed by atoms with Gasteiger partial charge in [-0.2, -0.15) is 0 Å². The molecule has 5 aromatic rings. The lowest BCUT2D eigenvalue weighted by molar-refractivity contribution is -0.143. The molecular weight excluding hydrogens is 519 g/mol. The van der Waals surface area contributed by atoms with Gasteiger partial charge in [-0.05, 0) is 54.3 Å². The number of amides is 1. The average molecular weight is 545 g/mol. The Balaban J connectivity index is 1.40. The number of aromatic nitrogens is 1. The van der Waals surface area contributed by atoms with E-state index < -0.39 is 29.8 Å². The van der Waals surface area contributed by atoms with Crippen LogP contribution in [0, 0.1) is 5.82 Å². The average Bonchev–Trinajstić information content (AvgIpc) is 3.36. The Bertz CT molecular complexity index is 1610. The van der Waals surface area contributed by atoms with E-state index in [0.717, 1.165) is 15.8 Å². The molecule has 2 atom stereocenters. The number of para-hydroxylation sites is 1. The molecule has 1 aromatic heterocycles. The molecule has 198 valence electrons. The van der Waals surface area contributed by atoms with E-state index in [9.17, 15) is 19.1 Å². The van der Waals surface area contributed by atoms with Crippen LogP contribution in [-0.4, -0.2) is 34.1 Å². The minimum atomic E-state index is -1.32. The van der Waals surface area contributed by atoms with Gasteiger partial charge < -0.3 is 19.9 Å². The molecule has 0 aliphatic heterocycles. The normalized spacial score (nSPS) is 12.8. The summed E-state index contributed by atoms with van der Waals surface area (Å²) in [6, 6.07) is 23.0. The number of aliphatic carboxylic acids is 1. The lowest BCUT2D eigenvalue weighted by Gasteiger charge is -2.23. The predicted molar refractivity (Wildman–Crippen MR) is 147 cm³/mol. The van der Waals surface area contributed by atoms with Crippen LogP contribution < -0.4 is 10.1 Å². The van der Waals surface area contributed by atoms with Crippen molar-refractivity contribution in [3.63, 3.8) is 0 Å². The van der Waals surface area contributed by atoms with Crippen LogP contribution in [0.25, 0.3) is 21.0 Å². The molecule has 0 aliphatic rings. The summed E-state index contributed by atoms with van der Waals surface area (Å²) in [6.45, 7) is 1.87. The highest BCUT2D eigenvalue weighted by Crippen LogP contribution is 2.32. The van der Waals surface area contributed by atoms with Crippen LogP contribution in [-0.2, 0) is 22.7 Å². The molecule has 0 radical (unpaired) electrons. The molecule has 9 heteroatoms. The Morgan fingerprint density at radius 3 is 2.54 bits per heavy atom. The van der Waals surface area contributed by atoms with Gasteiger partial charge in [0.25, 0.3) is 5.91 Å². The summed E-state index contributed by atoms with van der Waals surface area (Å²) in [6.07, 6.45) is -0.826. The number of carboxylic acids is 1. The van der Waals surface area contributed by atoms with E-state index in [1.807, 2.05) is 54.6 Å². The van der Waals surface area contributed by atoms with Gasteiger partial charge in [0.15, 0.2) is 6.04 Å². The van der Waals surface area contributed by atoms with Gasteiger partial charge in [-0.15, -0.1) is 11.3 Å². The van der Waals surface area contributed by atoms with E-state index in [2.05, 4.69) is 10.3 Å². The van der Waals surface area contributed by atoms with Crippen LogP contribution >= 0.6 is 11.3 Å². The van der Waals surface area contributed by atoms with Gasteiger partial charge in [-0.3, -0.25) is 4.79 Å². The molecule has 1 amide bonds. The van der Waals surface area contributed by atoms with Crippen LogP contribution in [0.15, 0.2) is 84.9 Å². The zero-order valence-corrected chi connectivity index (χ0v) is 21.8. The van der Waals surface area contributed by atoms with Crippen molar-refractivity contribution in [3.8, 4) is 5.75 Å². The monoisotopic (exact) mass is 544 g/mol. The van der Waals surface area contributed by atoms with E-state index in [0.29, 0.717) is 15.8 Å².